The average molecular weight is 812 g/mol. The summed E-state index contributed by atoms with van der Waals surface area (Å²) >= 11 is -3.18. The molecule has 0 aliphatic heterocycles. The Morgan fingerprint density at radius 2 is 1.07 bits per heavy atom. The molecule has 0 bridgehead atoms. The fourth-order valence-corrected chi connectivity index (χ4v) is 7.11. The van der Waals surface area contributed by atoms with Crippen LogP contribution in [0.3, 0.4) is 0 Å². The Balaban J connectivity index is 0.000000617. The molecule has 0 radical (unpaired) electrons. The van der Waals surface area contributed by atoms with Gasteiger partial charge in [0.15, 0.2) is 20.5 Å². The predicted molar refractivity (Wildman–Crippen MR) is 166 cm³/mol. The molecule has 0 fully saturated rings. The number of carbonyl (C=O) groups excluding carboxylic acids is 1. The van der Waals surface area contributed by atoms with Gasteiger partial charge in [0, 0.05) is 20.9 Å². The van der Waals surface area contributed by atoms with Crippen molar-refractivity contribution in [2.45, 2.75) is 24.5 Å². The van der Waals surface area contributed by atoms with E-state index in [0.29, 0.717) is 21.9 Å². The molecule has 0 aliphatic carbocycles. The van der Waals surface area contributed by atoms with E-state index >= 15 is 0 Å². The molecule has 0 N–H and O–H groups in total. The summed E-state index contributed by atoms with van der Waals surface area (Å²) in [6.45, 7) is 0. The van der Waals surface area contributed by atoms with Gasteiger partial charge >= 0.3 is 36.4 Å². The molecule has 0 spiro atoms. The Hall–Kier alpha value is -3.18. The Kier molecular flexibility index (Phi) is 10.5. The SMILES string of the molecule is COc1ccc(C(=O)c2ccc(Sc3ccc([S+](c4ccc(F)cc4)c4ccc(F)cc4)cc3)c(Cl)c2)cc1.[F][Sb-]([F])([F])([F])([F])[F]. The van der Waals surface area contributed by atoms with Gasteiger partial charge in [0.2, 0.25) is 0 Å². The number of hydrogen-bond acceptors (Lipinski definition) is 3. The monoisotopic (exact) mass is 810 g/mol. The van der Waals surface area contributed by atoms with Crippen LogP contribution in [0, 0.1) is 11.6 Å². The number of benzene rings is 5. The van der Waals surface area contributed by atoms with Crippen molar-refractivity contribution in [2.24, 2.45) is 0 Å². The average Bonchev–Trinajstić information content (AvgIpc) is 2.99. The number of methoxy groups -OCH3 is 1. The summed E-state index contributed by atoms with van der Waals surface area (Å²) in [5.74, 6) is -0.0397. The Morgan fingerprint density at radius 1 is 0.652 bits per heavy atom. The number of rotatable bonds is 8. The molecule has 0 saturated heterocycles. The van der Waals surface area contributed by atoms with E-state index in [1.807, 2.05) is 30.3 Å². The van der Waals surface area contributed by atoms with Crippen molar-refractivity contribution in [3.8, 4) is 5.75 Å². The minimum absolute atomic E-state index is 0.117. The molecule has 5 aromatic carbocycles. The zero-order valence-corrected chi connectivity index (χ0v) is 28.4. The zero-order chi connectivity index (χ0) is 33.8. The summed E-state index contributed by atoms with van der Waals surface area (Å²) < 4.78 is 91.9. The quantitative estimate of drug-likeness (QED) is 0.0676. The summed E-state index contributed by atoms with van der Waals surface area (Å²) in [5, 5.41) is 0.487. The fraction of sp³-hybridized carbons (Fsp3) is 0.0312. The minimum atomic E-state index is -11.2. The van der Waals surface area contributed by atoms with E-state index in [9.17, 15) is 30.5 Å². The van der Waals surface area contributed by atoms with Gasteiger partial charge in [-0.1, -0.05) is 23.4 Å². The van der Waals surface area contributed by atoms with Crippen LogP contribution in [0.1, 0.15) is 15.9 Å². The first-order valence-corrected chi connectivity index (χ1v) is 21.2. The second kappa shape index (κ2) is 13.5. The molecule has 5 rings (SSSR count). The van der Waals surface area contributed by atoms with Crippen molar-refractivity contribution in [3.05, 3.63) is 143 Å². The normalized spacial score (nSPS) is 12.8. The maximum absolute atomic E-state index is 13.6. The van der Waals surface area contributed by atoms with E-state index in [0.717, 1.165) is 24.5 Å². The molecule has 46 heavy (non-hydrogen) atoms. The van der Waals surface area contributed by atoms with Gasteiger partial charge in [0.05, 0.1) is 23.0 Å². The molecule has 0 saturated carbocycles. The van der Waals surface area contributed by atoms with Crippen molar-refractivity contribution in [1.82, 2.24) is 0 Å². The van der Waals surface area contributed by atoms with E-state index in [4.69, 9.17) is 16.3 Å². The second-order valence-corrected chi connectivity index (χ2v) is 18.5. The second-order valence-electron chi connectivity index (χ2n) is 9.45. The van der Waals surface area contributed by atoms with E-state index in [1.54, 1.807) is 67.8 Å². The van der Waals surface area contributed by atoms with E-state index in [1.165, 1.54) is 36.0 Å². The Bertz CT molecular complexity index is 1760. The predicted octanol–water partition coefficient (Wildman–Crippen LogP) is 11.2. The first-order chi connectivity index (χ1) is 21.4. The van der Waals surface area contributed by atoms with E-state index in [2.05, 4.69) is 0 Å². The third kappa shape index (κ3) is 11.3. The van der Waals surface area contributed by atoms with Crippen LogP contribution in [0.5, 0.6) is 5.75 Å². The van der Waals surface area contributed by atoms with Crippen LogP contribution in [0.2, 0.25) is 5.02 Å². The van der Waals surface area contributed by atoms with Crippen molar-refractivity contribution in [1.29, 1.82) is 0 Å². The summed E-state index contributed by atoms with van der Waals surface area (Å²) in [5.41, 5.74) is 1.06. The molecule has 0 aliphatic rings. The number of ether oxygens (including phenoxy) is 1. The van der Waals surface area contributed by atoms with Crippen LogP contribution in [0.4, 0.5) is 25.7 Å². The first kappa shape index (κ1) is 35.7. The van der Waals surface area contributed by atoms with Crippen molar-refractivity contribution in [2.75, 3.05) is 7.11 Å². The van der Waals surface area contributed by atoms with Gasteiger partial charge in [0.1, 0.15) is 17.4 Å². The van der Waals surface area contributed by atoms with Crippen LogP contribution in [0.25, 0.3) is 0 Å². The van der Waals surface area contributed by atoms with Gasteiger partial charge < -0.3 is 4.74 Å². The number of halogens is 9. The third-order valence-electron chi connectivity index (χ3n) is 5.93. The summed E-state index contributed by atoms with van der Waals surface area (Å²) in [4.78, 5) is 17.6. The van der Waals surface area contributed by atoms with Gasteiger partial charge in [-0.25, -0.2) is 8.78 Å². The standard InChI is InChI=1S/C32H22ClF2O2S2.6FH.Sb/c1-37-25-9-2-21(3-10-25)32(36)22-4-19-31(30(33)20-22)38-26-11-17-29(18-12-26)39(27-13-5-23(34)6-14-27)28-15-7-24(35)8-16-28;;;;;;;/h2-20H,1H3;6*1H;/q+1;;;;;;;+5/p-6. The van der Waals surface area contributed by atoms with E-state index in [-0.39, 0.29) is 17.4 Å². The Labute approximate surface area is 273 Å². The molecule has 242 valence electrons. The molecule has 5 aromatic rings. The van der Waals surface area contributed by atoms with Crippen molar-refractivity contribution >= 4 is 59.5 Å². The maximum atomic E-state index is 13.6. The molecular weight excluding hydrogens is 790 g/mol. The van der Waals surface area contributed by atoms with Gasteiger partial charge in [0.25, 0.3) is 0 Å². The van der Waals surface area contributed by atoms with Crippen LogP contribution in [-0.4, -0.2) is 32.4 Å². The fourth-order valence-electron chi connectivity index (χ4n) is 3.95. The van der Waals surface area contributed by atoms with Gasteiger partial charge in [-0.2, -0.15) is 0 Å². The van der Waals surface area contributed by atoms with E-state index < -0.39 is 30.4 Å². The molecule has 0 heterocycles. The number of ketones is 1. The molecule has 0 aromatic heterocycles. The third-order valence-corrected chi connectivity index (χ3v) is 9.67. The van der Waals surface area contributed by atoms with Crippen LogP contribution in [-0.2, 0) is 10.9 Å². The first-order valence-electron chi connectivity index (χ1n) is 12.9. The Morgan fingerprint density at radius 3 is 1.48 bits per heavy atom. The molecule has 0 amide bonds. The van der Waals surface area contributed by atoms with Crippen LogP contribution in [0.15, 0.2) is 140 Å². The topological polar surface area (TPSA) is 26.3 Å². The number of hydrogen-bond donors (Lipinski definition) is 0. The summed E-state index contributed by atoms with van der Waals surface area (Å²) in [6.07, 6.45) is 0. The molecule has 14 heteroatoms. The van der Waals surface area contributed by atoms with Crippen LogP contribution < -0.4 is 4.74 Å². The van der Waals surface area contributed by atoms with Crippen molar-refractivity contribution in [3.63, 3.8) is 0 Å². The van der Waals surface area contributed by atoms with Crippen LogP contribution >= 0.6 is 23.4 Å². The summed E-state index contributed by atoms with van der Waals surface area (Å²) in [6, 6.07) is 33.1. The molecule has 0 atom stereocenters. The zero-order valence-electron chi connectivity index (χ0n) is 23.5. The van der Waals surface area contributed by atoms with Gasteiger partial charge in [-0.15, -0.1) is 0 Å². The van der Waals surface area contributed by atoms with Gasteiger partial charge in [-0.05, 0) is 115 Å². The van der Waals surface area contributed by atoms with Gasteiger partial charge in [-0.3, -0.25) is 4.79 Å². The number of carbonyl (C=O) groups is 1. The molecule has 0 unspecified atom stereocenters. The molecular formula is C32H22ClF8O2S2Sb. The van der Waals surface area contributed by atoms with Crippen molar-refractivity contribution < 1.29 is 35.2 Å². The molecule has 2 nitrogen and oxygen atoms in total. The summed E-state index contributed by atoms with van der Waals surface area (Å²) in [7, 11) is 1.05.